The minimum atomic E-state index is 0.497. The van der Waals surface area contributed by atoms with Crippen molar-refractivity contribution in [3.63, 3.8) is 0 Å². The molecule has 0 amide bonds. The second-order valence-corrected chi connectivity index (χ2v) is 5.17. The number of halogens is 2. The fourth-order valence-electron chi connectivity index (χ4n) is 2.56. The topological polar surface area (TPSA) is 0 Å². The molecule has 0 nitrogen and oxygen atoms in total. The van der Waals surface area contributed by atoms with Crippen LogP contribution in [-0.4, -0.2) is 11.8 Å². The Morgan fingerprint density at radius 3 is 1.80 bits per heavy atom. The fourth-order valence-corrected chi connectivity index (χ4v) is 3.18. The van der Waals surface area contributed by atoms with Gasteiger partial charge in [0, 0.05) is 17.7 Å². The molecule has 0 aromatic rings. The lowest BCUT2D eigenvalue weighted by molar-refractivity contribution is 0.458. The van der Waals surface area contributed by atoms with Crippen molar-refractivity contribution in [3.8, 4) is 0 Å². The summed E-state index contributed by atoms with van der Waals surface area (Å²) in [7, 11) is 0. The van der Waals surface area contributed by atoms with Gasteiger partial charge in [-0.05, 0) is 51.2 Å². The summed E-state index contributed by atoms with van der Waals surface area (Å²) in [6.07, 6.45) is 1.00. The van der Waals surface area contributed by atoms with Gasteiger partial charge in [0.2, 0.25) is 0 Å². The molecular weight excluding hydrogens is 227 g/mol. The summed E-state index contributed by atoms with van der Waals surface area (Å²) in [6, 6.07) is 0. The molecule has 1 aliphatic rings. The maximum atomic E-state index is 6.05. The molecule has 0 bridgehead atoms. The quantitative estimate of drug-likeness (QED) is 0.627. The molecule has 1 atom stereocenters. The predicted octanol–water partition coefficient (Wildman–Crippen LogP) is 4.77. The number of hydrogen-bond acceptors (Lipinski definition) is 0. The molecule has 2 heteroatoms. The summed E-state index contributed by atoms with van der Waals surface area (Å²) in [5.41, 5.74) is 5.87. The molecule has 15 heavy (non-hydrogen) atoms. The van der Waals surface area contributed by atoms with E-state index in [-0.39, 0.29) is 0 Å². The van der Waals surface area contributed by atoms with Gasteiger partial charge in [-0.2, -0.15) is 0 Å². The molecular formula is C13H20Cl2. The van der Waals surface area contributed by atoms with Crippen LogP contribution in [0.25, 0.3) is 0 Å². The van der Waals surface area contributed by atoms with Crippen molar-refractivity contribution in [2.24, 2.45) is 11.8 Å². The van der Waals surface area contributed by atoms with E-state index < -0.39 is 0 Å². The van der Waals surface area contributed by atoms with Gasteiger partial charge in [-0.3, -0.25) is 0 Å². The SMILES string of the molecule is CC1=C(C)C(C(CCl)CCCl)C(C)=C1C. The summed E-state index contributed by atoms with van der Waals surface area (Å²) < 4.78 is 0. The van der Waals surface area contributed by atoms with E-state index in [1.165, 1.54) is 22.3 Å². The Balaban J connectivity index is 2.96. The van der Waals surface area contributed by atoms with Crippen molar-refractivity contribution in [3.05, 3.63) is 22.3 Å². The van der Waals surface area contributed by atoms with Crippen LogP contribution in [0.15, 0.2) is 22.3 Å². The van der Waals surface area contributed by atoms with Gasteiger partial charge in [-0.15, -0.1) is 23.2 Å². The van der Waals surface area contributed by atoms with Gasteiger partial charge in [0.1, 0.15) is 0 Å². The Kier molecular flexibility index (Phi) is 4.73. The average Bonchev–Trinajstić information content (AvgIpc) is 2.41. The number of hydrogen-bond donors (Lipinski definition) is 0. The van der Waals surface area contributed by atoms with Crippen molar-refractivity contribution >= 4 is 23.2 Å². The lowest BCUT2D eigenvalue weighted by atomic mass is 9.83. The molecule has 0 fully saturated rings. The van der Waals surface area contributed by atoms with E-state index in [0.29, 0.717) is 23.6 Å². The van der Waals surface area contributed by atoms with Gasteiger partial charge in [-0.1, -0.05) is 11.1 Å². The predicted molar refractivity (Wildman–Crippen MR) is 69.8 cm³/mol. The fraction of sp³-hybridized carbons (Fsp3) is 0.692. The Morgan fingerprint density at radius 2 is 1.47 bits per heavy atom. The second-order valence-electron chi connectivity index (χ2n) is 4.49. The first-order chi connectivity index (χ1) is 7.04. The highest BCUT2D eigenvalue weighted by molar-refractivity contribution is 6.19. The monoisotopic (exact) mass is 246 g/mol. The summed E-state index contributed by atoms with van der Waals surface area (Å²) in [5, 5.41) is 0. The van der Waals surface area contributed by atoms with Crippen LogP contribution in [0, 0.1) is 11.8 Å². The van der Waals surface area contributed by atoms with Crippen LogP contribution >= 0.6 is 23.2 Å². The molecule has 86 valence electrons. The largest absolute Gasteiger partial charge is 0.127 e. The van der Waals surface area contributed by atoms with Crippen LogP contribution in [0.1, 0.15) is 34.1 Å². The van der Waals surface area contributed by atoms with Crippen LogP contribution in [-0.2, 0) is 0 Å². The summed E-state index contributed by atoms with van der Waals surface area (Å²) in [6.45, 7) is 8.88. The molecule has 0 spiro atoms. The third kappa shape index (κ3) is 2.42. The highest BCUT2D eigenvalue weighted by Crippen LogP contribution is 2.42. The lowest BCUT2D eigenvalue weighted by Gasteiger charge is -2.24. The maximum Gasteiger partial charge on any atom is 0.0261 e. The highest BCUT2D eigenvalue weighted by Gasteiger charge is 2.30. The Labute approximate surface area is 103 Å². The average molecular weight is 247 g/mol. The van der Waals surface area contributed by atoms with Gasteiger partial charge < -0.3 is 0 Å². The number of allylic oxidation sites excluding steroid dienone is 4. The first-order valence-corrected chi connectivity index (χ1v) is 6.58. The third-order valence-electron chi connectivity index (χ3n) is 3.83. The van der Waals surface area contributed by atoms with Crippen LogP contribution < -0.4 is 0 Å². The van der Waals surface area contributed by atoms with E-state index in [1.54, 1.807) is 0 Å². The maximum absolute atomic E-state index is 6.05. The molecule has 0 aliphatic heterocycles. The minimum Gasteiger partial charge on any atom is -0.127 e. The molecule has 0 N–H and O–H groups in total. The molecule has 0 aromatic carbocycles. The van der Waals surface area contributed by atoms with Gasteiger partial charge >= 0.3 is 0 Å². The number of rotatable bonds is 4. The van der Waals surface area contributed by atoms with E-state index >= 15 is 0 Å². The van der Waals surface area contributed by atoms with Gasteiger partial charge in [0.15, 0.2) is 0 Å². The van der Waals surface area contributed by atoms with Crippen molar-refractivity contribution in [1.82, 2.24) is 0 Å². The van der Waals surface area contributed by atoms with E-state index in [1.807, 2.05) is 0 Å². The lowest BCUT2D eigenvalue weighted by Crippen LogP contribution is -2.18. The highest BCUT2D eigenvalue weighted by atomic mass is 35.5. The first kappa shape index (κ1) is 13.1. The molecule has 1 rings (SSSR count). The molecule has 1 aliphatic carbocycles. The summed E-state index contributed by atoms with van der Waals surface area (Å²) >= 11 is 11.9. The van der Waals surface area contributed by atoms with Crippen LogP contribution in [0.3, 0.4) is 0 Å². The van der Waals surface area contributed by atoms with Crippen molar-refractivity contribution < 1.29 is 0 Å². The molecule has 0 radical (unpaired) electrons. The third-order valence-corrected chi connectivity index (χ3v) is 4.44. The summed E-state index contributed by atoms with van der Waals surface area (Å²) in [5.74, 6) is 2.43. The van der Waals surface area contributed by atoms with Gasteiger partial charge in [0.05, 0.1) is 0 Å². The Morgan fingerprint density at radius 1 is 1.00 bits per heavy atom. The number of alkyl halides is 2. The molecule has 0 saturated carbocycles. The van der Waals surface area contributed by atoms with Crippen molar-refractivity contribution in [2.45, 2.75) is 34.1 Å². The molecule has 0 aromatic heterocycles. The van der Waals surface area contributed by atoms with Crippen LogP contribution in [0.2, 0.25) is 0 Å². The zero-order chi connectivity index (χ0) is 11.6. The first-order valence-electron chi connectivity index (χ1n) is 5.51. The van der Waals surface area contributed by atoms with Crippen molar-refractivity contribution in [2.75, 3.05) is 11.8 Å². The normalized spacial score (nSPS) is 20.4. The molecule has 0 saturated heterocycles. The molecule has 1 unspecified atom stereocenters. The van der Waals surface area contributed by atoms with Crippen LogP contribution in [0.5, 0.6) is 0 Å². The standard InChI is InChI=1S/C13H20Cl2/c1-8-9(2)11(4)13(10(8)3)12(7-15)5-6-14/h12-13H,5-7H2,1-4H3. The zero-order valence-corrected chi connectivity index (χ0v) is 11.5. The van der Waals surface area contributed by atoms with E-state index in [0.717, 1.165) is 6.42 Å². The van der Waals surface area contributed by atoms with Gasteiger partial charge in [-0.25, -0.2) is 0 Å². The smallest absolute Gasteiger partial charge is 0.0261 e. The summed E-state index contributed by atoms with van der Waals surface area (Å²) in [4.78, 5) is 0. The van der Waals surface area contributed by atoms with Gasteiger partial charge in [0.25, 0.3) is 0 Å². The van der Waals surface area contributed by atoms with E-state index in [2.05, 4.69) is 27.7 Å². The Bertz CT molecular complexity index is 276. The second kappa shape index (κ2) is 5.41. The Hall–Kier alpha value is 0.0600. The van der Waals surface area contributed by atoms with E-state index in [4.69, 9.17) is 23.2 Å². The minimum absolute atomic E-state index is 0.497. The zero-order valence-electron chi connectivity index (χ0n) is 10.0. The van der Waals surface area contributed by atoms with E-state index in [9.17, 15) is 0 Å². The van der Waals surface area contributed by atoms with Crippen molar-refractivity contribution in [1.29, 1.82) is 0 Å². The van der Waals surface area contributed by atoms with Crippen LogP contribution in [0.4, 0.5) is 0 Å². The molecule has 0 heterocycles.